The van der Waals surface area contributed by atoms with E-state index < -0.39 is 0 Å². The molecular formula is C44H42N6. The SMILES string of the molecule is CCCCCC1=c2[nH]c(c3ccccc23)=Nc2[nH]c(c3ccccc23)C(CCCCC)=c2[nH]c(c3ccccc23)=Nc2[nH]c1c1ccccc21. The molecule has 0 unspecified atom stereocenters. The zero-order chi connectivity index (χ0) is 33.6. The second-order valence-corrected chi connectivity index (χ2v) is 13.7. The van der Waals surface area contributed by atoms with E-state index in [2.05, 4.69) is 131 Å². The maximum atomic E-state index is 5.44. The molecule has 4 aromatic carbocycles. The van der Waals surface area contributed by atoms with Crippen LogP contribution in [0.15, 0.2) is 107 Å². The van der Waals surface area contributed by atoms with Gasteiger partial charge in [0, 0.05) is 54.2 Å². The molecule has 0 fully saturated rings. The third-order valence-electron chi connectivity index (χ3n) is 10.5. The molecule has 50 heavy (non-hydrogen) atoms. The lowest BCUT2D eigenvalue weighted by molar-refractivity contribution is 0.733. The number of H-pyrrole nitrogens is 4. The Morgan fingerprint density at radius 3 is 1.16 bits per heavy atom. The van der Waals surface area contributed by atoms with Crippen LogP contribution in [0.25, 0.3) is 54.2 Å². The van der Waals surface area contributed by atoms with Crippen LogP contribution in [-0.2, 0) is 0 Å². The molecule has 1 aliphatic rings. The topological polar surface area (TPSA) is 87.9 Å². The van der Waals surface area contributed by atoms with Gasteiger partial charge in [-0.25, -0.2) is 9.98 Å². The summed E-state index contributed by atoms with van der Waals surface area (Å²) in [6.45, 7) is 4.53. The second kappa shape index (κ2) is 12.7. The van der Waals surface area contributed by atoms with Crippen molar-refractivity contribution in [3.05, 3.63) is 130 Å². The number of rotatable bonds is 8. The van der Waals surface area contributed by atoms with Crippen LogP contribution in [0, 0.1) is 0 Å². The summed E-state index contributed by atoms with van der Waals surface area (Å²) in [5.74, 6) is 1.74. The third-order valence-corrected chi connectivity index (χ3v) is 10.5. The van der Waals surface area contributed by atoms with Crippen molar-refractivity contribution in [3.63, 3.8) is 0 Å². The average molecular weight is 655 g/mol. The Labute approximate surface area is 290 Å². The lowest BCUT2D eigenvalue weighted by Crippen LogP contribution is -2.15. The number of hydrogen-bond donors (Lipinski definition) is 4. The first-order chi connectivity index (χ1) is 24.7. The predicted molar refractivity (Wildman–Crippen MR) is 207 cm³/mol. The van der Waals surface area contributed by atoms with E-state index in [1.807, 2.05) is 0 Å². The van der Waals surface area contributed by atoms with Crippen LogP contribution in [0.1, 0.15) is 76.6 Å². The highest BCUT2D eigenvalue weighted by atomic mass is 15.0. The summed E-state index contributed by atoms with van der Waals surface area (Å²) in [7, 11) is 0. The molecule has 6 nitrogen and oxygen atoms in total. The fourth-order valence-electron chi connectivity index (χ4n) is 8.02. The Hall–Kier alpha value is -5.62. The molecule has 4 N–H and O–H groups in total. The molecule has 4 aromatic heterocycles. The van der Waals surface area contributed by atoms with E-state index in [0.29, 0.717) is 0 Å². The normalized spacial score (nSPS) is 13.1. The van der Waals surface area contributed by atoms with Crippen molar-refractivity contribution < 1.29 is 0 Å². The fraction of sp³-hybridized carbons (Fsp3) is 0.227. The summed E-state index contributed by atoms with van der Waals surface area (Å²) in [6, 6.07) is 34.7. The van der Waals surface area contributed by atoms with Gasteiger partial charge in [0.1, 0.15) is 22.6 Å². The molecular weight excluding hydrogens is 613 g/mol. The van der Waals surface area contributed by atoms with Crippen LogP contribution < -0.4 is 21.7 Å². The van der Waals surface area contributed by atoms with E-state index in [1.54, 1.807) is 0 Å². The molecule has 0 atom stereocenters. The van der Waals surface area contributed by atoms with Crippen molar-refractivity contribution in [1.82, 2.24) is 19.9 Å². The van der Waals surface area contributed by atoms with Gasteiger partial charge in [0.25, 0.3) is 0 Å². The number of fused-ring (bicyclic) bond motifs is 20. The molecule has 9 rings (SSSR count). The summed E-state index contributed by atoms with van der Waals surface area (Å²) in [5.41, 5.74) is 6.52. The number of aromatic nitrogens is 4. The Morgan fingerprint density at radius 1 is 0.400 bits per heavy atom. The number of unbranched alkanes of at least 4 members (excludes halogenated alkanes) is 4. The highest BCUT2D eigenvalue weighted by Crippen LogP contribution is 2.36. The van der Waals surface area contributed by atoms with Crippen molar-refractivity contribution in [2.75, 3.05) is 0 Å². The molecule has 0 amide bonds. The van der Waals surface area contributed by atoms with E-state index in [0.717, 1.165) is 105 Å². The summed E-state index contributed by atoms with van der Waals surface area (Å²) < 4.78 is 0. The molecule has 5 heterocycles. The van der Waals surface area contributed by atoms with Gasteiger partial charge in [0.15, 0.2) is 0 Å². The summed E-state index contributed by atoms with van der Waals surface area (Å²) in [5, 5.41) is 11.4. The molecule has 8 aromatic rings. The smallest absolute Gasteiger partial charge is 0.140 e. The Morgan fingerprint density at radius 2 is 0.760 bits per heavy atom. The largest absolute Gasteiger partial charge is 0.339 e. The Kier molecular flexibility index (Phi) is 7.72. The van der Waals surface area contributed by atoms with Gasteiger partial charge in [0.05, 0.1) is 22.1 Å². The first-order valence-electron chi connectivity index (χ1n) is 18.3. The molecule has 0 saturated heterocycles. The van der Waals surface area contributed by atoms with Gasteiger partial charge >= 0.3 is 0 Å². The van der Waals surface area contributed by atoms with Gasteiger partial charge in [-0.05, 0) is 25.7 Å². The molecule has 248 valence electrons. The van der Waals surface area contributed by atoms with E-state index in [-0.39, 0.29) is 0 Å². The minimum Gasteiger partial charge on any atom is -0.339 e. The monoisotopic (exact) mass is 654 g/mol. The molecule has 8 bridgehead atoms. The van der Waals surface area contributed by atoms with Crippen molar-refractivity contribution in [2.45, 2.75) is 65.2 Å². The van der Waals surface area contributed by atoms with E-state index in [1.165, 1.54) is 45.5 Å². The number of nitrogens with zero attached hydrogens (tertiary/aromatic N) is 2. The lowest BCUT2D eigenvalue weighted by Gasteiger charge is -2.07. The Balaban J connectivity index is 1.49. The summed E-state index contributed by atoms with van der Waals surface area (Å²) >= 11 is 0. The summed E-state index contributed by atoms with van der Waals surface area (Å²) in [6.07, 6.45) is 8.71. The van der Waals surface area contributed by atoms with Gasteiger partial charge in [-0.1, -0.05) is 137 Å². The quantitative estimate of drug-likeness (QED) is 0.118. The first kappa shape index (κ1) is 30.4. The molecule has 0 radical (unpaired) electrons. The Bertz CT molecular complexity index is 2610. The van der Waals surface area contributed by atoms with Crippen LogP contribution in [0.3, 0.4) is 0 Å². The number of benzene rings is 4. The van der Waals surface area contributed by atoms with Crippen LogP contribution in [0.4, 0.5) is 11.6 Å². The zero-order valence-corrected chi connectivity index (χ0v) is 28.8. The minimum absolute atomic E-state index is 0.871. The van der Waals surface area contributed by atoms with Gasteiger partial charge < -0.3 is 19.9 Å². The van der Waals surface area contributed by atoms with Gasteiger partial charge in [-0.2, -0.15) is 0 Å². The molecule has 0 aliphatic carbocycles. The second-order valence-electron chi connectivity index (χ2n) is 13.7. The van der Waals surface area contributed by atoms with E-state index >= 15 is 0 Å². The lowest BCUT2D eigenvalue weighted by atomic mass is 10.00. The van der Waals surface area contributed by atoms with Gasteiger partial charge in [-0.15, -0.1) is 0 Å². The van der Waals surface area contributed by atoms with E-state index in [9.17, 15) is 0 Å². The van der Waals surface area contributed by atoms with Crippen LogP contribution in [-0.4, -0.2) is 19.9 Å². The third kappa shape index (κ3) is 5.01. The molecule has 0 spiro atoms. The number of hydrogen-bond acceptors (Lipinski definition) is 2. The van der Waals surface area contributed by atoms with Crippen molar-refractivity contribution in [1.29, 1.82) is 0 Å². The molecule has 6 heteroatoms. The minimum atomic E-state index is 0.871. The molecule has 1 aliphatic heterocycles. The maximum absolute atomic E-state index is 5.44. The standard InChI is InChI=1S/C44H42N6/c1-3-5-7-25-35-37-27-17-9-13-21-31(27)41(45-37)49-43-33-23-15-11-19-29(33)39(47-43)36(26-8-6-4-2)40-30-20-12-16-24-34(30)44(48-40)50-42-32-22-14-10-18-28(32)38(35)46-42/h9-24H,3-8,25-26H2,1-2H3,(H2,45,47,49)(H2,46,48,50). The summed E-state index contributed by atoms with van der Waals surface area (Å²) in [4.78, 5) is 26.3. The predicted octanol–water partition coefficient (Wildman–Crippen LogP) is 9.39. The van der Waals surface area contributed by atoms with Crippen LogP contribution in [0.2, 0.25) is 0 Å². The fourth-order valence-corrected chi connectivity index (χ4v) is 8.02. The zero-order valence-electron chi connectivity index (χ0n) is 28.8. The molecule has 0 saturated carbocycles. The van der Waals surface area contributed by atoms with Crippen molar-refractivity contribution in [2.24, 2.45) is 9.98 Å². The van der Waals surface area contributed by atoms with Crippen LogP contribution in [0.5, 0.6) is 0 Å². The van der Waals surface area contributed by atoms with Gasteiger partial charge in [-0.3, -0.25) is 0 Å². The number of aromatic amines is 4. The highest BCUT2D eigenvalue weighted by molar-refractivity contribution is 6.02. The van der Waals surface area contributed by atoms with Gasteiger partial charge in [0.2, 0.25) is 0 Å². The first-order valence-corrected chi connectivity index (χ1v) is 18.3. The van der Waals surface area contributed by atoms with Crippen molar-refractivity contribution >= 4 is 65.9 Å². The van der Waals surface area contributed by atoms with Crippen molar-refractivity contribution in [3.8, 4) is 0 Å². The van der Waals surface area contributed by atoms with E-state index in [4.69, 9.17) is 9.98 Å². The average Bonchev–Trinajstić information content (AvgIpc) is 3.91. The maximum Gasteiger partial charge on any atom is 0.140 e. The van der Waals surface area contributed by atoms with Crippen LogP contribution >= 0.6 is 0 Å². The highest BCUT2D eigenvalue weighted by Gasteiger charge is 2.20. The number of nitrogens with one attached hydrogen (secondary N) is 4.